The van der Waals surface area contributed by atoms with E-state index in [4.69, 9.17) is 4.74 Å². The first-order valence-corrected chi connectivity index (χ1v) is 17.3. The molecule has 264 valence electrons. The normalized spacial score (nSPS) is 20.6. The van der Waals surface area contributed by atoms with E-state index in [1.54, 1.807) is 20.2 Å². The number of hydrogen-bond acceptors (Lipinski definition) is 9. The minimum Gasteiger partial charge on any atom is -0.367 e. The molecule has 7 rings (SSSR count). The number of rotatable bonds is 9. The van der Waals surface area contributed by atoms with Gasteiger partial charge in [-0.05, 0) is 80.3 Å². The number of nitrogens with one attached hydrogen (secondary N) is 1. The molecule has 0 radical (unpaired) electrons. The van der Waals surface area contributed by atoms with Crippen LogP contribution in [0.5, 0.6) is 0 Å². The lowest BCUT2D eigenvalue weighted by Gasteiger charge is -2.26. The van der Waals surface area contributed by atoms with Gasteiger partial charge in [0.25, 0.3) is 5.91 Å². The van der Waals surface area contributed by atoms with E-state index in [1.165, 1.54) is 28.8 Å². The Morgan fingerprint density at radius 3 is 2.69 bits per heavy atom. The molecular formula is C38H41FN8O4. The maximum absolute atomic E-state index is 14.2. The highest BCUT2D eigenvalue weighted by atomic mass is 19.1. The molecule has 3 aliphatic heterocycles. The van der Waals surface area contributed by atoms with E-state index in [-0.39, 0.29) is 35.2 Å². The minimum atomic E-state index is -0.587. The number of ether oxygens (including phenoxy) is 1. The van der Waals surface area contributed by atoms with Crippen LogP contribution in [0.15, 0.2) is 48.7 Å². The van der Waals surface area contributed by atoms with E-state index in [1.807, 2.05) is 10.6 Å². The fourth-order valence-electron chi connectivity index (χ4n) is 7.88. The third-order valence-electron chi connectivity index (χ3n) is 10.7. The molecule has 2 atom stereocenters. The van der Waals surface area contributed by atoms with Gasteiger partial charge in [-0.15, -0.1) is 5.10 Å². The molecule has 3 saturated heterocycles. The van der Waals surface area contributed by atoms with Crippen molar-refractivity contribution in [2.24, 2.45) is 5.41 Å². The van der Waals surface area contributed by atoms with Gasteiger partial charge in [-0.2, -0.15) is 10.4 Å². The Bertz CT molecular complexity index is 2060. The van der Waals surface area contributed by atoms with Gasteiger partial charge >= 0.3 is 0 Å². The zero-order valence-electron chi connectivity index (χ0n) is 29.1. The number of aryl methyl sites for hydroxylation is 2. The monoisotopic (exact) mass is 692 g/mol. The summed E-state index contributed by atoms with van der Waals surface area (Å²) < 4.78 is 21.9. The average molecular weight is 693 g/mol. The second-order valence-corrected chi connectivity index (χ2v) is 14.2. The molecule has 1 N–H and O–H groups in total. The molecule has 3 aliphatic rings. The van der Waals surface area contributed by atoms with E-state index in [0.717, 1.165) is 61.6 Å². The molecule has 4 aromatic rings. The number of nitrogens with zero attached hydrogens (tertiary/aromatic N) is 7. The summed E-state index contributed by atoms with van der Waals surface area (Å²) in [6, 6.07) is 13.9. The molecule has 2 aromatic heterocycles. The first kappa shape index (κ1) is 34.3. The number of anilines is 1. The number of halogens is 1. The predicted molar refractivity (Wildman–Crippen MR) is 188 cm³/mol. The van der Waals surface area contributed by atoms with Gasteiger partial charge in [0.05, 0.1) is 23.4 Å². The van der Waals surface area contributed by atoms with Crippen molar-refractivity contribution in [2.75, 3.05) is 58.3 Å². The zero-order valence-corrected chi connectivity index (χ0v) is 29.1. The second-order valence-electron chi connectivity index (χ2n) is 14.2. The van der Waals surface area contributed by atoms with E-state index in [9.17, 15) is 24.0 Å². The maximum atomic E-state index is 14.2. The van der Waals surface area contributed by atoms with Crippen LogP contribution >= 0.6 is 0 Å². The Kier molecular flexibility index (Phi) is 9.30. The van der Waals surface area contributed by atoms with Crippen LogP contribution in [0.25, 0.3) is 10.9 Å². The molecule has 3 fully saturated rings. The first-order valence-electron chi connectivity index (χ1n) is 17.3. The van der Waals surface area contributed by atoms with Crippen molar-refractivity contribution < 1.29 is 23.5 Å². The van der Waals surface area contributed by atoms with E-state index >= 15 is 0 Å². The molecule has 2 unspecified atom stereocenters. The second kappa shape index (κ2) is 13.8. The van der Waals surface area contributed by atoms with Crippen LogP contribution in [0.1, 0.15) is 62.4 Å². The summed E-state index contributed by atoms with van der Waals surface area (Å²) in [5.41, 5.74) is 4.51. The number of nitriles is 1. The summed E-state index contributed by atoms with van der Waals surface area (Å²) >= 11 is 0. The number of fused-ring (bicyclic) bond motifs is 1. The number of amides is 2. The van der Waals surface area contributed by atoms with Crippen molar-refractivity contribution in [1.29, 1.82) is 5.26 Å². The molecule has 0 saturated carbocycles. The molecule has 1 spiro atoms. The highest BCUT2D eigenvalue weighted by Crippen LogP contribution is 2.42. The quantitative estimate of drug-likeness (QED) is 0.261. The van der Waals surface area contributed by atoms with Crippen molar-refractivity contribution in [3.8, 4) is 6.07 Å². The summed E-state index contributed by atoms with van der Waals surface area (Å²) in [7, 11) is 3.13. The average Bonchev–Trinajstić information content (AvgIpc) is 3.85. The largest absolute Gasteiger partial charge is 0.367 e. The van der Waals surface area contributed by atoms with Crippen molar-refractivity contribution in [2.45, 2.75) is 45.4 Å². The number of benzene rings is 2. The van der Waals surface area contributed by atoms with Gasteiger partial charge in [-0.25, -0.2) is 4.39 Å². The first-order chi connectivity index (χ1) is 24.6. The Hall–Kier alpha value is -5.19. The lowest BCUT2D eigenvalue weighted by molar-refractivity contribution is -0.133. The van der Waals surface area contributed by atoms with Crippen molar-refractivity contribution in [1.82, 2.24) is 29.9 Å². The number of carbonyl (C=O) groups excluding carboxylic acids is 3. The molecule has 2 amide bonds. The van der Waals surface area contributed by atoms with Crippen LogP contribution in [-0.4, -0.2) is 102 Å². The number of morpholine rings is 1. The number of ketones is 1. The van der Waals surface area contributed by atoms with E-state index in [2.05, 4.69) is 50.4 Å². The van der Waals surface area contributed by atoms with Gasteiger partial charge in [0.15, 0.2) is 11.6 Å². The van der Waals surface area contributed by atoms with Gasteiger partial charge < -0.3 is 24.4 Å². The highest BCUT2D eigenvalue weighted by molar-refractivity contribution is 6.17. The summed E-state index contributed by atoms with van der Waals surface area (Å²) in [6.07, 6.45) is 4.03. The Balaban J connectivity index is 1.05. The molecule has 12 nitrogen and oxygen atoms in total. The number of likely N-dealkylation sites (tertiary alicyclic amines) is 1. The third kappa shape index (κ3) is 6.69. The van der Waals surface area contributed by atoms with E-state index < -0.39 is 17.5 Å². The molecule has 5 heterocycles. The SMILES string of the molecule is Cc1c(CN2CCC3(CCN(c4nnccc4C(=O)c4ccc(F)cc4C(=O)N(C)C)C3)C2)ccc2c1cc(C#N)n2CCC1CNC(=O)CO1. The standard InChI is InChI=1S/C38H41FN8O4/c1-24-25(4-7-33-31(24)17-27(18-40)47(33)13-9-28-19-41-34(48)21-51-28)20-45-14-10-38(22-45)11-15-46(23-38)36-30(8-12-42-43-36)35(49)29-6-5-26(39)16-32(29)37(50)44(2)3/h4-8,12,16-17,28H,9-11,13-15,19-23H2,1-3H3,(H,41,48). The van der Waals surface area contributed by atoms with Gasteiger partial charge in [0.2, 0.25) is 5.91 Å². The predicted octanol–water partition coefficient (Wildman–Crippen LogP) is 3.69. The Labute approximate surface area is 295 Å². The van der Waals surface area contributed by atoms with Crippen LogP contribution in [0.2, 0.25) is 0 Å². The van der Waals surface area contributed by atoms with Crippen LogP contribution < -0.4 is 10.2 Å². The molecule has 13 heteroatoms. The Morgan fingerprint density at radius 1 is 1.10 bits per heavy atom. The fourth-order valence-corrected chi connectivity index (χ4v) is 7.88. The molecule has 2 aromatic carbocycles. The lowest BCUT2D eigenvalue weighted by Crippen LogP contribution is -2.43. The Morgan fingerprint density at radius 2 is 1.92 bits per heavy atom. The summed E-state index contributed by atoms with van der Waals surface area (Å²) in [5.74, 6) is -1.06. The third-order valence-corrected chi connectivity index (χ3v) is 10.7. The number of carbonyl (C=O) groups is 3. The molecule has 51 heavy (non-hydrogen) atoms. The topological polar surface area (TPSA) is 137 Å². The van der Waals surface area contributed by atoms with Crippen LogP contribution in [-0.2, 0) is 22.6 Å². The highest BCUT2D eigenvalue weighted by Gasteiger charge is 2.44. The fraction of sp³-hybridized carbons (Fsp3) is 0.421. The van der Waals surface area contributed by atoms with Gasteiger partial charge in [-0.1, -0.05) is 6.07 Å². The van der Waals surface area contributed by atoms with Gasteiger partial charge in [-0.3, -0.25) is 19.3 Å². The lowest BCUT2D eigenvalue weighted by atomic mass is 9.86. The smallest absolute Gasteiger partial charge is 0.254 e. The number of hydrogen-bond donors (Lipinski definition) is 1. The van der Waals surface area contributed by atoms with Crippen LogP contribution in [0.3, 0.4) is 0 Å². The maximum Gasteiger partial charge on any atom is 0.254 e. The minimum absolute atomic E-state index is 0.0105. The zero-order chi connectivity index (χ0) is 35.9. The van der Waals surface area contributed by atoms with Crippen LogP contribution in [0, 0.1) is 29.5 Å². The van der Waals surface area contributed by atoms with Gasteiger partial charge in [0, 0.05) is 75.2 Å². The molecular weight excluding hydrogens is 651 g/mol. The number of aromatic nitrogens is 3. The molecule has 0 aliphatic carbocycles. The van der Waals surface area contributed by atoms with E-state index in [0.29, 0.717) is 43.1 Å². The summed E-state index contributed by atoms with van der Waals surface area (Å²) in [4.78, 5) is 44.2. The summed E-state index contributed by atoms with van der Waals surface area (Å²) in [5, 5.41) is 22.4. The molecule has 0 bridgehead atoms. The van der Waals surface area contributed by atoms with Crippen molar-refractivity contribution in [3.05, 3.63) is 88.0 Å². The van der Waals surface area contributed by atoms with Gasteiger partial charge in [0.1, 0.15) is 24.2 Å². The van der Waals surface area contributed by atoms with Crippen LogP contribution in [0.4, 0.5) is 10.2 Å². The van der Waals surface area contributed by atoms with Crippen molar-refractivity contribution >= 4 is 34.3 Å². The van der Waals surface area contributed by atoms with Crippen molar-refractivity contribution in [3.63, 3.8) is 0 Å². The summed E-state index contributed by atoms with van der Waals surface area (Å²) in [6.45, 7) is 7.34.